The zero-order valence-electron chi connectivity index (χ0n) is 12.0. The van der Waals surface area contributed by atoms with E-state index < -0.39 is 0 Å². The zero-order valence-corrected chi connectivity index (χ0v) is 12.0. The third kappa shape index (κ3) is 4.88. The molecule has 1 fully saturated rings. The van der Waals surface area contributed by atoms with Crippen LogP contribution in [0.1, 0.15) is 57.3 Å². The van der Waals surface area contributed by atoms with Crippen LogP contribution >= 0.6 is 0 Å². The van der Waals surface area contributed by atoms with Crippen molar-refractivity contribution >= 4 is 5.91 Å². The van der Waals surface area contributed by atoms with Crippen LogP contribution in [0, 0.1) is 5.92 Å². The van der Waals surface area contributed by atoms with Gasteiger partial charge in [-0.15, -0.1) is 10.2 Å². The molecular formula is C13H23N5O2. The molecule has 0 bridgehead atoms. The topological polar surface area (TPSA) is 92.8 Å². The van der Waals surface area contributed by atoms with Crippen LogP contribution in [0.3, 0.4) is 0 Å². The van der Waals surface area contributed by atoms with Crippen molar-refractivity contribution < 1.29 is 9.53 Å². The van der Waals surface area contributed by atoms with Crippen LogP contribution in [0.4, 0.5) is 0 Å². The number of H-pyrrole nitrogens is 1. The number of hydrogen-bond acceptors (Lipinski definition) is 5. The molecule has 1 heterocycles. The molecule has 1 aromatic heterocycles. The summed E-state index contributed by atoms with van der Waals surface area (Å²) in [5, 5.41) is 16.8. The number of aromatic amines is 1. The van der Waals surface area contributed by atoms with E-state index in [0.29, 0.717) is 18.3 Å². The SMILES string of the molecule is CCCCCCOCC(=O)NC(c1nn[nH]n1)C1CC1. The maximum atomic E-state index is 11.8. The molecule has 1 atom stereocenters. The first-order valence-electron chi connectivity index (χ1n) is 7.41. The average molecular weight is 281 g/mol. The molecule has 0 aliphatic heterocycles. The first-order valence-corrected chi connectivity index (χ1v) is 7.41. The second-order valence-electron chi connectivity index (χ2n) is 5.27. The van der Waals surface area contributed by atoms with E-state index in [9.17, 15) is 4.79 Å². The third-order valence-corrected chi connectivity index (χ3v) is 3.43. The van der Waals surface area contributed by atoms with Crippen LogP contribution in [0.15, 0.2) is 0 Å². The molecule has 1 amide bonds. The van der Waals surface area contributed by atoms with Gasteiger partial charge in [0.05, 0.1) is 6.04 Å². The molecule has 1 aliphatic rings. The Labute approximate surface area is 118 Å². The maximum absolute atomic E-state index is 11.8. The van der Waals surface area contributed by atoms with E-state index in [-0.39, 0.29) is 18.6 Å². The smallest absolute Gasteiger partial charge is 0.246 e. The first kappa shape index (κ1) is 14.9. The van der Waals surface area contributed by atoms with Gasteiger partial charge in [-0.3, -0.25) is 4.79 Å². The second kappa shape index (κ2) is 7.94. The molecule has 2 rings (SSSR count). The number of carbonyl (C=O) groups is 1. The largest absolute Gasteiger partial charge is 0.372 e. The fourth-order valence-electron chi connectivity index (χ4n) is 2.13. The van der Waals surface area contributed by atoms with E-state index in [4.69, 9.17) is 4.74 Å². The molecule has 0 radical (unpaired) electrons. The van der Waals surface area contributed by atoms with Gasteiger partial charge in [-0.1, -0.05) is 31.4 Å². The van der Waals surface area contributed by atoms with Gasteiger partial charge in [-0.05, 0) is 25.2 Å². The lowest BCUT2D eigenvalue weighted by molar-refractivity contribution is -0.126. The molecule has 0 spiro atoms. The lowest BCUT2D eigenvalue weighted by Crippen LogP contribution is -2.33. The summed E-state index contributed by atoms with van der Waals surface area (Å²) in [4.78, 5) is 11.8. The molecule has 1 aliphatic carbocycles. The Hall–Kier alpha value is -1.50. The van der Waals surface area contributed by atoms with Crippen molar-refractivity contribution in [3.63, 3.8) is 0 Å². The molecule has 0 aromatic carbocycles. The predicted molar refractivity (Wildman–Crippen MR) is 72.7 cm³/mol. The van der Waals surface area contributed by atoms with Gasteiger partial charge in [0.2, 0.25) is 5.91 Å². The number of rotatable bonds is 10. The Balaban J connectivity index is 1.65. The zero-order chi connectivity index (χ0) is 14.2. The highest BCUT2D eigenvalue weighted by Gasteiger charge is 2.35. The number of nitrogens with one attached hydrogen (secondary N) is 2. The molecule has 7 nitrogen and oxygen atoms in total. The minimum Gasteiger partial charge on any atom is -0.372 e. The van der Waals surface area contributed by atoms with Crippen molar-refractivity contribution in [1.82, 2.24) is 25.9 Å². The van der Waals surface area contributed by atoms with Crippen molar-refractivity contribution in [1.29, 1.82) is 0 Å². The van der Waals surface area contributed by atoms with Crippen LogP contribution in [0.25, 0.3) is 0 Å². The number of hydrogen-bond donors (Lipinski definition) is 2. The van der Waals surface area contributed by atoms with Gasteiger partial charge < -0.3 is 10.1 Å². The van der Waals surface area contributed by atoms with E-state index in [1.807, 2.05) is 0 Å². The van der Waals surface area contributed by atoms with Gasteiger partial charge in [0.1, 0.15) is 6.61 Å². The Morgan fingerprint density at radius 1 is 1.45 bits per heavy atom. The summed E-state index contributed by atoms with van der Waals surface area (Å²) in [6, 6.07) is -0.134. The minimum atomic E-state index is -0.134. The number of aromatic nitrogens is 4. The van der Waals surface area contributed by atoms with Crippen LogP contribution in [-0.4, -0.2) is 39.7 Å². The van der Waals surface area contributed by atoms with Gasteiger partial charge in [0, 0.05) is 6.61 Å². The summed E-state index contributed by atoms with van der Waals surface area (Å²) in [7, 11) is 0. The van der Waals surface area contributed by atoms with Crippen molar-refractivity contribution in [3.05, 3.63) is 5.82 Å². The Morgan fingerprint density at radius 3 is 2.95 bits per heavy atom. The van der Waals surface area contributed by atoms with Crippen molar-refractivity contribution in [2.45, 2.75) is 51.5 Å². The van der Waals surface area contributed by atoms with Gasteiger partial charge >= 0.3 is 0 Å². The number of tetrazole rings is 1. The van der Waals surface area contributed by atoms with Crippen LogP contribution in [0.5, 0.6) is 0 Å². The van der Waals surface area contributed by atoms with Crippen LogP contribution in [0.2, 0.25) is 0 Å². The molecule has 112 valence electrons. The van der Waals surface area contributed by atoms with E-state index in [1.54, 1.807) is 0 Å². The minimum absolute atomic E-state index is 0.104. The maximum Gasteiger partial charge on any atom is 0.246 e. The van der Waals surface area contributed by atoms with Crippen LogP contribution in [-0.2, 0) is 9.53 Å². The van der Waals surface area contributed by atoms with E-state index >= 15 is 0 Å². The summed E-state index contributed by atoms with van der Waals surface area (Å²) in [5.74, 6) is 0.882. The molecule has 7 heteroatoms. The number of ether oxygens (including phenoxy) is 1. The molecule has 1 unspecified atom stereocenters. The fraction of sp³-hybridized carbons (Fsp3) is 0.846. The van der Waals surface area contributed by atoms with Crippen molar-refractivity contribution in [2.24, 2.45) is 5.92 Å². The summed E-state index contributed by atoms with van der Waals surface area (Å²) in [6.07, 6.45) is 6.78. The molecule has 0 saturated heterocycles. The van der Waals surface area contributed by atoms with Crippen molar-refractivity contribution in [3.8, 4) is 0 Å². The van der Waals surface area contributed by atoms with E-state index in [2.05, 4.69) is 32.9 Å². The number of carbonyl (C=O) groups excluding carboxylic acids is 1. The summed E-state index contributed by atoms with van der Waals surface area (Å²) in [6.45, 7) is 2.92. The molecule has 1 saturated carbocycles. The second-order valence-corrected chi connectivity index (χ2v) is 5.27. The van der Waals surface area contributed by atoms with E-state index in [0.717, 1.165) is 25.7 Å². The summed E-state index contributed by atoms with van der Waals surface area (Å²) in [5.41, 5.74) is 0. The lowest BCUT2D eigenvalue weighted by Gasteiger charge is -2.14. The fourth-order valence-corrected chi connectivity index (χ4v) is 2.13. The van der Waals surface area contributed by atoms with Crippen molar-refractivity contribution in [2.75, 3.05) is 13.2 Å². The molecule has 2 N–H and O–H groups in total. The Bertz CT molecular complexity index is 391. The normalized spacial score (nSPS) is 16.1. The monoisotopic (exact) mass is 281 g/mol. The lowest BCUT2D eigenvalue weighted by atomic mass is 10.2. The highest BCUT2D eigenvalue weighted by molar-refractivity contribution is 5.77. The highest BCUT2D eigenvalue weighted by Crippen LogP contribution is 2.39. The highest BCUT2D eigenvalue weighted by atomic mass is 16.5. The quantitative estimate of drug-likeness (QED) is 0.632. The number of unbranched alkanes of at least 4 members (excludes halogenated alkanes) is 3. The molecule has 20 heavy (non-hydrogen) atoms. The molecule has 1 aromatic rings. The number of amides is 1. The average Bonchev–Trinajstić information content (AvgIpc) is 3.14. The third-order valence-electron chi connectivity index (χ3n) is 3.43. The number of nitrogens with zero attached hydrogens (tertiary/aromatic N) is 3. The summed E-state index contributed by atoms with van der Waals surface area (Å²) < 4.78 is 5.38. The standard InChI is InChI=1S/C13H23N5O2/c1-2-3-4-5-8-20-9-11(19)14-12(10-6-7-10)13-15-17-18-16-13/h10,12H,2-9H2,1H3,(H,14,19)(H,15,16,17,18). The summed E-state index contributed by atoms with van der Waals surface area (Å²) >= 11 is 0. The van der Waals surface area contributed by atoms with Gasteiger partial charge in [0.25, 0.3) is 0 Å². The van der Waals surface area contributed by atoms with Gasteiger partial charge in [0.15, 0.2) is 5.82 Å². The predicted octanol–water partition coefficient (Wildman–Crippen LogP) is 1.36. The van der Waals surface area contributed by atoms with Gasteiger partial charge in [-0.2, -0.15) is 5.21 Å². The first-order chi connectivity index (χ1) is 9.81. The Kier molecular flexibility index (Phi) is 5.91. The van der Waals surface area contributed by atoms with E-state index in [1.165, 1.54) is 12.8 Å². The van der Waals surface area contributed by atoms with Crippen LogP contribution < -0.4 is 5.32 Å². The Morgan fingerprint density at radius 2 is 2.30 bits per heavy atom. The molecular weight excluding hydrogens is 258 g/mol. The van der Waals surface area contributed by atoms with Gasteiger partial charge in [-0.25, -0.2) is 0 Å².